The molecule has 0 atom stereocenters. The van der Waals surface area contributed by atoms with E-state index >= 15 is 0 Å². The fourth-order valence-electron chi connectivity index (χ4n) is 2.63. The van der Waals surface area contributed by atoms with E-state index in [4.69, 9.17) is 22.4 Å². The molecule has 0 aromatic heterocycles. The first-order valence-corrected chi connectivity index (χ1v) is 7.64. The largest absolute Gasteiger partial charge is 0.481 e. The maximum Gasteiger partial charge on any atom is 0.319 e. The fourth-order valence-corrected chi connectivity index (χ4v) is 2.84. The summed E-state index contributed by atoms with van der Waals surface area (Å²) in [4.78, 5) is 34.1. The first-order chi connectivity index (χ1) is 10.9. The predicted molar refractivity (Wildman–Crippen MR) is 85.5 cm³/mol. The summed E-state index contributed by atoms with van der Waals surface area (Å²) in [6.45, 7) is 0. The smallest absolute Gasteiger partial charge is 0.319 e. The van der Waals surface area contributed by atoms with E-state index in [1.54, 1.807) is 6.07 Å². The molecule has 124 valence electrons. The number of carboxylic acid groups (broad SMARTS) is 1. The molecule has 23 heavy (non-hydrogen) atoms. The molecule has 3 amide bonds. The van der Waals surface area contributed by atoms with Crippen molar-refractivity contribution in [2.75, 3.05) is 5.32 Å². The quantitative estimate of drug-likeness (QED) is 0.671. The molecule has 0 heterocycles. The highest BCUT2D eigenvalue weighted by Gasteiger charge is 2.26. The zero-order chi connectivity index (χ0) is 17.0. The Labute approximate surface area is 138 Å². The van der Waals surface area contributed by atoms with Crippen molar-refractivity contribution in [1.29, 1.82) is 0 Å². The number of carboxylic acids is 1. The number of benzene rings is 1. The van der Waals surface area contributed by atoms with Gasteiger partial charge in [0, 0.05) is 11.7 Å². The van der Waals surface area contributed by atoms with Crippen LogP contribution in [0.3, 0.4) is 0 Å². The van der Waals surface area contributed by atoms with E-state index in [1.165, 1.54) is 12.1 Å². The van der Waals surface area contributed by atoms with Gasteiger partial charge >= 0.3 is 12.0 Å². The molecule has 0 bridgehead atoms. The first-order valence-electron chi connectivity index (χ1n) is 7.26. The van der Waals surface area contributed by atoms with Crippen LogP contribution in [0.2, 0.25) is 5.02 Å². The van der Waals surface area contributed by atoms with Gasteiger partial charge in [-0.05, 0) is 43.9 Å². The van der Waals surface area contributed by atoms with Gasteiger partial charge in [-0.3, -0.25) is 9.59 Å². The average molecular weight is 340 g/mol. The summed E-state index contributed by atoms with van der Waals surface area (Å²) in [5, 5.41) is 14.6. The van der Waals surface area contributed by atoms with E-state index in [2.05, 4.69) is 10.6 Å². The number of rotatable bonds is 4. The lowest BCUT2D eigenvalue weighted by molar-refractivity contribution is -0.142. The molecule has 1 fully saturated rings. The van der Waals surface area contributed by atoms with E-state index in [0.717, 1.165) is 0 Å². The third-order valence-corrected chi connectivity index (χ3v) is 4.23. The highest BCUT2D eigenvalue weighted by atomic mass is 35.5. The number of carbonyl (C=O) groups is 3. The summed E-state index contributed by atoms with van der Waals surface area (Å²) >= 11 is 5.85. The van der Waals surface area contributed by atoms with Crippen molar-refractivity contribution in [3.8, 4) is 0 Å². The van der Waals surface area contributed by atoms with Crippen LogP contribution in [0, 0.1) is 5.92 Å². The molecule has 0 spiro atoms. The zero-order valence-electron chi connectivity index (χ0n) is 12.3. The second-order valence-corrected chi connectivity index (χ2v) is 5.95. The lowest BCUT2D eigenvalue weighted by atomic mass is 9.86. The van der Waals surface area contributed by atoms with E-state index in [1.807, 2.05) is 0 Å². The van der Waals surface area contributed by atoms with Crippen molar-refractivity contribution in [2.45, 2.75) is 31.7 Å². The SMILES string of the molecule is NC(=O)c1cc(NC(=O)NC2CCC(C(=O)O)CC2)ccc1Cl. The van der Waals surface area contributed by atoms with Crippen LogP contribution in [0.5, 0.6) is 0 Å². The summed E-state index contributed by atoms with van der Waals surface area (Å²) < 4.78 is 0. The number of aliphatic carboxylic acids is 1. The Kier molecular flexibility index (Phi) is 5.44. The number of nitrogens with one attached hydrogen (secondary N) is 2. The molecule has 8 heteroatoms. The Morgan fingerprint density at radius 2 is 1.83 bits per heavy atom. The fraction of sp³-hybridized carbons (Fsp3) is 0.400. The van der Waals surface area contributed by atoms with E-state index in [0.29, 0.717) is 31.4 Å². The number of anilines is 1. The third kappa shape index (κ3) is 4.59. The minimum absolute atomic E-state index is 0.0616. The van der Waals surface area contributed by atoms with Gasteiger partial charge in [0.1, 0.15) is 0 Å². The van der Waals surface area contributed by atoms with Crippen molar-refractivity contribution < 1.29 is 19.5 Å². The second-order valence-electron chi connectivity index (χ2n) is 5.54. The topological polar surface area (TPSA) is 122 Å². The molecule has 0 aliphatic heterocycles. The second kappa shape index (κ2) is 7.32. The van der Waals surface area contributed by atoms with Crippen molar-refractivity contribution in [1.82, 2.24) is 5.32 Å². The van der Waals surface area contributed by atoms with E-state index < -0.39 is 17.9 Å². The molecule has 0 radical (unpaired) electrons. The number of primary amides is 1. The van der Waals surface area contributed by atoms with Crippen molar-refractivity contribution in [3.63, 3.8) is 0 Å². The molecule has 0 unspecified atom stereocenters. The minimum atomic E-state index is -0.784. The lowest BCUT2D eigenvalue weighted by Gasteiger charge is -2.26. The highest BCUT2D eigenvalue weighted by molar-refractivity contribution is 6.33. The molecule has 1 aliphatic carbocycles. The summed E-state index contributed by atoms with van der Waals surface area (Å²) in [5.74, 6) is -1.79. The van der Waals surface area contributed by atoms with Crippen LogP contribution in [-0.2, 0) is 4.79 Å². The molecule has 0 saturated heterocycles. The summed E-state index contributed by atoms with van der Waals surface area (Å²) in [7, 11) is 0. The molecule has 1 saturated carbocycles. The Bertz CT molecular complexity index is 627. The summed E-state index contributed by atoms with van der Waals surface area (Å²) in [6.07, 6.45) is 2.34. The van der Waals surface area contributed by atoms with Gasteiger partial charge in [0.25, 0.3) is 0 Å². The van der Waals surface area contributed by atoms with Crippen LogP contribution in [0.15, 0.2) is 18.2 Å². The van der Waals surface area contributed by atoms with Crippen LogP contribution < -0.4 is 16.4 Å². The van der Waals surface area contributed by atoms with Crippen LogP contribution in [-0.4, -0.2) is 29.1 Å². The Balaban J connectivity index is 1.89. The summed E-state index contributed by atoms with van der Waals surface area (Å²) in [5.41, 5.74) is 5.74. The number of hydrogen-bond acceptors (Lipinski definition) is 3. The number of hydrogen-bond donors (Lipinski definition) is 4. The Morgan fingerprint density at radius 3 is 2.39 bits per heavy atom. The number of urea groups is 1. The van der Waals surface area contributed by atoms with Crippen molar-refractivity contribution >= 4 is 35.2 Å². The maximum atomic E-state index is 12.0. The summed E-state index contributed by atoms with van der Waals surface area (Å²) in [6, 6.07) is 3.98. The number of halogens is 1. The molecule has 2 rings (SSSR count). The van der Waals surface area contributed by atoms with Gasteiger partial charge in [0.2, 0.25) is 5.91 Å². The van der Waals surface area contributed by atoms with Gasteiger partial charge in [0.05, 0.1) is 16.5 Å². The van der Waals surface area contributed by atoms with Gasteiger partial charge in [-0.1, -0.05) is 11.6 Å². The molecule has 7 nitrogen and oxygen atoms in total. The zero-order valence-corrected chi connectivity index (χ0v) is 13.1. The molecule has 1 aromatic rings. The number of nitrogens with two attached hydrogens (primary N) is 1. The minimum Gasteiger partial charge on any atom is -0.481 e. The standard InChI is InChI=1S/C15H18ClN3O4/c16-12-6-5-10(7-11(12)13(17)20)19-15(23)18-9-3-1-8(2-4-9)14(21)22/h5-9H,1-4H2,(H2,17,20)(H,21,22)(H2,18,19,23). The van der Waals surface area contributed by atoms with Crippen LogP contribution in [0.25, 0.3) is 0 Å². The molecule has 1 aliphatic rings. The number of amides is 3. The van der Waals surface area contributed by atoms with Crippen LogP contribution in [0.4, 0.5) is 10.5 Å². The van der Waals surface area contributed by atoms with Gasteiger partial charge in [-0.25, -0.2) is 4.79 Å². The van der Waals surface area contributed by atoms with Crippen LogP contribution in [0.1, 0.15) is 36.0 Å². The average Bonchev–Trinajstić information content (AvgIpc) is 2.49. The third-order valence-electron chi connectivity index (χ3n) is 3.90. The molecular formula is C15H18ClN3O4. The normalized spacial score (nSPS) is 20.6. The highest BCUT2D eigenvalue weighted by Crippen LogP contribution is 2.24. The van der Waals surface area contributed by atoms with Gasteiger partial charge in [0.15, 0.2) is 0 Å². The molecular weight excluding hydrogens is 322 g/mol. The van der Waals surface area contributed by atoms with Crippen LogP contribution >= 0.6 is 11.6 Å². The van der Waals surface area contributed by atoms with E-state index in [-0.39, 0.29) is 22.5 Å². The van der Waals surface area contributed by atoms with Crippen molar-refractivity contribution in [2.24, 2.45) is 11.7 Å². The van der Waals surface area contributed by atoms with E-state index in [9.17, 15) is 14.4 Å². The molecule has 5 N–H and O–H groups in total. The predicted octanol–water partition coefficient (Wildman–Crippen LogP) is 2.20. The van der Waals surface area contributed by atoms with Gasteiger partial charge < -0.3 is 21.5 Å². The Hall–Kier alpha value is -2.28. The lowest BCUT2D eigenvalue weighted by Crippen LogP contribution is -2.41. The van der Waals surface area contributed by atoms with Gasteiger partial charge in [-0.15, -0.1) is 0 Å². The molecule has 1 aromatic carbocycles. The number of carbonyl (C=O) groups excluding carboxylic acids is 2. The monoisotopic (exact) mass is 339 g/mol. The maximum absolute atomic E-state index is 12.0. The van der Waals surface area contributed by atoms with Gasteiger partial charge in [-0.2, -0.15) is 0 Å². The first kappa shape index (κ1) is 17.1. The van der Waals surface area contributed by atoms with Crippen molar-refractivity contribution in [3.05, 3.63) is 28.8 Å². The Morgan fingerprint density at radius 1 is 1.17 bits per heavy atom.